The van der Waals surface area contributed by atoms with E-state index in [0.717, 1.165) is 0 Å². The first-order valence-corrected chi connectivity index (χ1v) is 5.20. The molecule has 0 atom stereocenters. The maximum absolute atomic E-state index is 12.7. The number of benzene rings is 1. The third kappa shape index (κ3) is 2.71. The minimum atomic E-state index is -6.28. The first kappa shape index (κ1) is 17.8. The summed E-state index contributed by atoms with van der Waals surface area (Å²) >= 11 is 0. The van der Waals surface area contributed by atoms with Crippen molar-refractivity contribution in [1.29, 1.82) is 0 Å². The lowest BCUT2D eigenvalue weighted by Gasteiger charge is -2.33. The number of aliphatic hydroxyl groups is 1. The smallest absolute Gasteiger partial charge is 0.430 e. The van der Waals surface area contributed by atoms with Gasteiger partial charge < -0.3 is 15.3 Å². The lowest BCUT2D eigenvalue weighted by molar-refractivity contribution is -0.376. The molecule has 0 aliphatic heterocycles. The molecule has 0 aromatic heterocycles. The summed E-state index contributed by atoms with van der Waals surface area (Å²) in [5.41, 5.74) is -9.96. The zero-order valence-corrected chi connectivity index (χ0v) is 10.2. The average molecular weight is 332 g/mol. The van der Waals surface area contributed by atoms with E-state index in [1.54, 1.807) is 0 Å². The summed E-state index contributed by atoms with van der Waals surface area (Å²) in [4.78, 5) is 21.5. The van der Waals surface area contributed by atoms with Crippen molar-refractivity contribution in [3.63, 3.8) is 0 Å². The van der Waals surface area contributed by atoms with Crippen LogP contribution in [0.5, 0.6) is 0 Å². The average Bonchev–Trinajstić information content (AvgIpc) is 2.34. The quantitative estimate of drug-likeness (QED) is 0.739. The third-order valence-corrected chi connectivity index (χ3v) is 2.71. The molecule has 1 aromatic rings. The van der Waals surface area contributed by atoms with Crippen LogP contribution in [0, 0.1) is 0 Å². The predicted molar refractivity (Wildman–Crippen MR) is 56.4 cm³/mol. The largest absolute Gasteiger partial charge is 0.478 e. The number of rotatable bonds is 3. The minimum Gasteiger partial charge on any atom is -0.478 e. The molecular weight excluding hydrogens is 326 g/mol. The topological polar surface area (TPSA) is 94.8 Å². The van der Waals surface area contributed by atoms with Gasteiger partial charge in [-0.05, 0) is 12.1 Å². The Kier molecular flexibility index (Phi) is 4.16. The van der Waals surface area contributed by atoms with Gasteiger partial charge in [0.25, 0.3) is 5.60 Å². The van der Waals surface area contributed by atoms with E-state index in [1.807, 2.05) is 0 Å². The van der Waals surface area contributed by atoms with Crippen LogP contribution in [0.4, 0.5) is 26.3 Å². The standard InChI is InChI=1S/C11H6F6O5/c12-10(13,14)9(22,11(15,16)17)6-2-1-4(7(18)19)3-5(6)8(20)21/h1-3,22H,(H,18,19)(H,20,21). The maximum Gasteiger partial charge on any atom is 0.430 e. The molecule has 0 unspecified atom stereocenters. The number of hydrogen-bond acceptors (Lipinski definition) is 3. The summed E-state index contributed by atoms with van der Waals surface area (Å²) in [6.07, 6.45) is -12.6. The Morgan fingerprint density at radius 1 is 0.864 bits per heavy atom. The zero-order valence-electron chi connectivity index (χ0n) is 10.2. The summed E-state index contributed by atoms with van der Waals surface area (Å²) < 4.78 is 76.3. The summed E-state index contributed by atoms with van der Waals surface area (Å²) in [5, 5.41) is 26.5. The Morgan fingerprint density at radius 2 is 1.32 bits per heavy atom. The zero-order chi connectivity index (χ0) is 17.5. The fourth-order valence-electron chi connectivity index (χ4n) is 1.64. The van der Waals surface area contributed by atoms with Gasteiger partial charge in [-0.1, -0.05) is 6.07 Å². The van der Waals surface area contributed by atoms with Crippen LogP contribution in [0.3, 0.4) is 0 Å². The molecule has 1 aromatic carbocycles. The van der Waals surface area contributed by atoms with E-state index in [4.69, 9.17) is 15.3 Å². The van der Waals surface area contributed by atoms with Crippen LogP contribution in [0.1, 0.15) is 26.3 Å². The van der Waals surface area contributed by atoms with Gasteiger partial charge in [0.15, 0.2) is 0 Å². The summed E-state index contributed by atoms with van der Waals surface area (Å²) in [7, 11) is 0. The van der Waals surface area contributed by atoms with Gasteiger partial charge in [-0.15, -0.1) is 0 Å². The summed E-state index contributed by atoms with van der Waals surface area (Å²) in [5.74, 6) is -4.03. The SMILES string of the molecule is O=C(O)c1ccc(C(O)(C(F)(F)F)C(F)(F)F)c(C(=O)O)c1. The predicted octanol–water partition coefficient (Wildman–Crippen LogP) is 2.40. The first-order chi connectivity index (χ1) is 9.73. The van der Waals surface area contributed by atoms with Crippen LogP contribution in [0.15, 0.2) is 18.2 Å². The van der Waals surface area contributed by atoms with Gasteiger partial charge in [0, 0.05) is 5.56 Å². The lowest BCUT2D eigenvalue weighted by Crippen LogP contribution is -2.54. The van der Waals surface area contributed by atoms with Crippen LogP contribution < -0.4 is 0 Å². The molecule has 0 aliphatic rings. The summed E-state index contributed by atoms with van der Waals surface area (Å²) in [6.45, 7) is 0. The van der Waals surface area contributed by atoms with Crippen molar-refractivity contribution >= 4 is 11.9 Å². The van der Waals surface area contributed by atoms with Crippen molar-refractivity contribution in [2.75, 3.05) is 0 Å². The van der Waals surface area contributed by atoms with Gasteiger partial charge in [0.1, 0.15) is 0 Å². The maximum atomic E-state index is 12.7. The minimum absolute atomic E-state index is 0.0338. The van der Waals surface area contributed by atoms with E-state index in [1.165, 1.54) is 0 Å². The van der Waals surface area contributed by atoms with Crippen LogP contribution in [0.25, 0.3) is 0 Å². The molecular formula is C11H6F6O5. The van der Waals surface area contributed by atoms with Gasteiger partial charge in [0.2, 0.25) is 0 Å². The number of hydrogen-bond donors (Lipinski definition) is 3. The highest BCUT2D eigenvalue weighted by Crippen LogP contribution is 2.50. The molecule has 0 spiro atoms. The molecule has 3 N–H and O–H groups in total. The molecule has 0 saturated heterocycles. The van der Waals surface area contributed by atoms with Gasteiger partial charge in [-0.25, -0.2) is 9.59 Å². The molecule has 0 fully saturated rings. The summed E-state index contributed by atoms with van der Waals surface area (Å²) in [6, 6.07) is 0.392. The number of carboxylic acids is 2. The van der Waals surface area contributed by atoms with Crippen molar-refractivity contribution < 1.29 is 51.3 Å². The van der Waals surface area contributed by atoms with Gasteiger partial charge in [0.05, 0.1) is 11.1 Å². The fourth-order valence-corrected chi connectivity index (χ4v) is 1.64. The molecule has 0 saturated carbocycles. The number of halogens is 6. The number of alkyl halides is 6. The normalized spacial score (nSPS) is 13.0. The van der Waals surface area contributed by atoms with Crippen molar-refractivity contribution in [3.8, 4) is 0 Å². The first-order valence-electron chi connectivity index (χ1n) is 5.20. The van der Waals surface area contributed by atoms with E-state index in [9.17, 15) is 35.9 Å². The number of carboxylic acid groups (broad SMARTS) is 2. The lowest BCUT2D eigenvalue weighted by atomic mass is 9.87. The molecule has 0 heterocycles. The van der Waals surface area contributed by atoms with Crippen LogP contribution in [-0.2, 0) is 5.60 Å². The third-order valence-electron chi connectivity index (χ3n) is 2.71. The fraction of sp³-hybridized carbons (Fsp3) is 0.273. The molecule has 0 aliphatic carbocycles. The van der Waals surface area contributed by atoms with Gasteiger partial charge in [-0.3, -0.25) is 0 Å². The van der Waals surface area contributed by atoms with Crippen LogP contribution in [-0.4, -0.2) is 39.6 Å². The molecule has 11 heteroatoms. The van der Waals surface area contributed by atoms with E-state index < -0.39 is 46.6 Å². The van der Waals surface area contributed by atoms with Crippen molar-refractivity contribution in [3.05, 3.63) is 34.9 Å². The van der Waals surface area contributed by atoms with E-state index in [2.05, 4.69) is 0 Å². The number of carbonyl (C=O) groups is 2. The van der Waals surface area contributed by atoms with Crippen molar-refractivity contribution in [2.24, 2.45) is 0 Å². The second-order valence-corrected chi connectivity index (χ2v) is 4.08. The molecule has 122 valence electrons. The van der Waals surface area contributed by atoms with E-state index in [-0.39, 0.29) is 12.1 Å². The molecule has 5 nitrogen and oxygen atoms in total. The Bertz CT molecular complexity index is 604. The monoisotopic (exact) mass is 332 g/mol. The van der Waals surface area contributed by atoms with Crippen LogP contribution in [0.2, 0.25) is 0 Å². The second-order valence-electron chi connectivity index (χ2n) is 4.08. The molecule has 0 bridgehead atoms. The molecule has 1 rings (SSSR count). The highest BCUT2D eigenvalue weighted by Gasteiger charge is 2.72. The Hall–Kier alpha value is -2.30. The molecule has 22 heavy (non-hydrogen) atoms. The molecule has 0 amide bonds. The van der Waals surface area contributed by atoms with Crippen molar-refractivity contribution in [2.45, 2.75) is 18.0 Å². The van der Waals surface area contributed by atoms with Crippen LogP contribution >= 0.6 is 0 Å². The van der Waals surface area contributed by atoms with E-state index in [0.29, 0.717) is 6.07 Å². The molecule has 0 radical (unpaired) electrons. The Balaban J connectivity index is 3.78. The van der Waals surface area contributed by atoms with Gasteiger partial charge in [-0.2, -0.15) is 26.3 Å². The second kappa shape index (κ2) is 5.16. The highest BCUT2D eigenvalue weighted by atomic mass is 19.4. The van der Waals surface area contributed by atoms with E-state index >= 15 is 0 Å². The Morgan fingerprint density at radius 3 is 1.64 bits per heavy atom. The van der Waals surface area contributed by atoms with Gasteiger partial charge >= 0.3 is 24.3 Å². The highest BCUT2D eigenvalue weighted by molar-refractivity contribution is 5.95. The Labute approximate surface area is 117 Å². The number of aromatic carboxylic acids is 2. The van der Waals surface area contributed by atoms with Crippen molar-refractivity contribution in [1.82, 2.24) is 0 Å².